The Morgan fingerprint density at radius 1 is 1.04 bits per heavy atom. The van der Waals surface area contributed by atoms with Gasteiger partial charge in [0.2, 0.25) is 0 Å². The molecule has 0 amide bonds. The van der Waals surface area contributed by atoms with Crippen LogP contribution in [0.5, 0.6) is 0 Å². The van der Waals surface area contributed by atoms with Gasteiger partial charge in [0.05, 0.1) is 0 Å². The smallest absolute Gasteiger partial charge is 0.281 e. The fourth-order valence-electron chi connectivity index (χ4n) is 3.76. The first kappa shape index (κ1) is 20.0. The van der Waals surface area contributed by atoms with E-state index in [1.54, 1.807) is 11.4 Å². The van der Waals surface area contributed by atoms with Crippen LogP contribution in [0.3, 0.4) is 0 Å². The molecule has 146 valence electrons. The third kappa shape index (κ3) is 4.76. The normalized spacial score (nSPS) is 16.7. The minimum absolute atomic E-state index is 0.380. The van der Waals surface area contributed by atoms with Crippen molar-refractivity contribution in [1.82, 2.24) is 8.61 Å². The van der Waals surface area contributed by atoms with Crippen molar-refractivity contribution in [3.05, 3.63) is 71.3 Å². The molecule has 0 saturated carbocycles. The van der Waals surface area contributed by atoms with Gasteiger partial charge in [-0.25, -0.2) is 0 Å². The van der Waals surface area contributed by atoms with Crippen molar-refractivity contribution >= 4 is 10.2 Å². The summed E-state index contributed by atoms with van der Waals surface area (Å²) in [5.41, 5.74) is 9.45. The van der Waals surface area contributed by atoms with Crippen LogP contribution in [0.1, 0.15) is 35.4 Å². The molecule has 0 aliphatic carbocycles. The molecular formula is C21H29N3O2S. The third-order valence-electron chi connectivity index (χ3n) is 5.45. The summed E-state index contributed by atoms with van der Waals surface area (Å²) in [5, 5.41) is 0. The van der Waals surface area contributed by atoms with Gasteiger partial charge >= 0.3 is 0 Å². The highest BCUT2D eigenvalue weighted by Crippen LogP contribution is 2.31. The van der Waals surface area contributed by atoms with Crippen LogP contribution >= 0.6 is 0 Å². The van der Waals surface area contributed by atoms with Crippen molar-refractivity contribution in [3.8, 4) is 0 Å². The molecule has 0 unspecified atom stereocenters. The van der Waals surface area contributed by atoms with E-state index >= 15 is 0 Å². The lowest BCUT2D eigenvalue weighted by Crippen LogP contribution is -2.46. The van der Waals surface area contributed by atoms with Gasteiger partial charge in [0.25, 0.3) is 10.2 Å². The molecule has 3 rings (SSSR count). The Labute approximate surface area is 163 Å². The van der Waals surface area contributed by atoms with Gasteiger partial charge < -0.3 is 5.73 Å². The van der Waals surface area contributed by atoms with Crippen molar-refractivity contribution < 1.29 is 8.42 Å². The Balaban J connectivity index is 1.59. The van der Waals surface area contributed by atoms with E-state index in [1.165, 1.54) is 15.4 Å². The van der Waals surface area contributed by atoms with Crippen molar-refractivity contribution in [3.63, 3.8) is 0 Å². The lowest BCUT2D eigenvalue weighted by Gasteiger charge is -2.34. The first-order valence-corrected chi connectivity index (χ1v) is 10.9. The quantitative estimate of drug-likeness (QED) is 0.794. The Hall–Kier alpha value is -1.73. The van der Waals surface area contributed by atoms with Gasteiger partial charge in [0.1, 0.15) is 0 Å². The Bertz CT molecular complexity index is 832. The summed E-state index contributed by atoms with van der Waals surface area (Å²) < 4.78 is 28.9. The third-order valence-corrected chi connectivity index (χ3v) is 7.44. The molecule has 2 N–H and O–H groups in total. The van der Waals surface area contributed by atoms with Crippen LogP contribution in [0.4, 0.5) is 0 Å². The Kier molecular flexibility index (Phi) is 6.65. The number of hydrogen-bond acceptors (Lipinski definition) is 3. The molecule has 5 nitrogen and oxygen atoms in total. The van der Waals surface area contributed by atoms with Gasteiger partial charge in [-0.3, -0.25) is 0 Å². The number of hydrogen-bond donors (Lipinski definition) is 1. The summed E-state index contributed by atoms with van der Waals surface area (Å²) in [6, 6.07) is 18.2. The molecule has 0 bridgehead atoms. The highest BCUT2D eigenvalue weighted by molar-refractivity contribution is 7.86. The molecule has 0 aromatic heterocycles. The lowest BCUT2D eigenvalue weighted by atomic mass is 9.87. The van der Waals surface area contributed by atoms with E-state index in [4.69, 9.17) is 5.73 Å². The summed E-state index contributed by atoms with van der Waals surface area (Å²) in [4.78, 5) is 0. The molecular weight excluding hydrogens is 358 g/mol. The molecule has 1 heterocycles. The van der Waals surface area contributed by atoms with E-state index in [1.807, 2.05) is 42.5 Å². The number of benzene rings is 2. The maximum atomic E-state index is 12.9. The van der Waals surface area contributed by atoms with Gasteiger partial charge in [-0.15, -0.1) is 0 Å². The van der Waals surface area contributed by atoms with Gasteiger partial charge in [0, 0.05) is 33.2 Å². The number of rotatable bonds is 7. The van der Waals surface area contributed by atoms with Crippen molar-refractivity contribution in [2.24, 2.45) is 5.73 Å². The second-order valence-electron chi connectivity index (χ2n) is 7.14. The Morgan fingerprint density at radius 3 is 2.33 bits per heavy atom. The lowest BCUT2D eigenvalue weighted by molar-refractivity contribution is 0.295. The summed E-state index contributed by atoms with van der Waals surface area (Å²) in [5.74, 6) is 0.380. The highest BCUT2D eigenvalue weighted by Gasteiger charge is 2.31. The van der Waals surface area contributed by atoms with Crippen LogP contribution in [0, 0.1) is 0 Å². The number of nitrogens with zero attached hydrogens (tertiary/aromatic N) is 2. The molecule has 0 radical (unpaired) electrons. The van der Waals surface area contributed by atoms with Gasteiger partial charge in [-0.1, -0.05) is 54.6 Å². The summed E-state index contributed by atoms with van der Waals surface area (Å²) in [6.07, 6.45) is 2.39. The Morgan fingerprint density at radius 2 is 1.67 bits per heavy atom. The monoisotopic (exact) mass is 387 g/mol. The first-order valence-electron chi connectivity index (χ1n) is 9.55. The van der Waals surface area contributed by atoms with Crippen molar-refractivity contribution in [1.29, 1.82) is 0 Å². The topological polar surface area (TPSA) is 66.6 Å². The fraction of sp³-hybridized carbons (Fsp3) is 0.429. The zero-order valence-electron chi connectivity index (χ0n) is 15.9. The second-order valence-corrected chi connectivity index (χ2v) is 9.18. The van der Waals surface area contributed by atoms with Gasteiger partial charge in [-0.05, 0) is 41.9 Å². The number of likely N-dealkylation sites (N-methyl/N-ethyl adjacent to an activating group) is 1. The maximum absolute atomic E-state index is 12.9. The molecule has 0 spiro atoms. The van der Waals surface area contributed by atoms with E-state index in [0.717, 1.165) is 24.8 Å². The fourth-order valence-corrected chi connectivity index (χ4v) is 5.15. The van der Waals surface area contributed by atoms with Crippen LogP contribution in [-0.2, 0) is 23.2 Å². The molecule has 1 fully saturated rings. The first-order chi connectivity index (χ1) is 13.0. The molecule has 1 saturated heterocycles. The van der Waals surface area contributed by atoms with E-state index < -0.39 is 10.2 Å². The SMILES string of the molecule is CN(CCc1ccccc1)S(=O)(=O)N1CCC(c2ccccc2CN)CC1. The summed E-state index contributed by atoms with van der Waals surface area (Å²) >= 11 is 0. The van der Waals surface area contributed by atoms with Crippen LogP contribution in [0.15, 0.2) is 54.6 Å². The van der Waals surface area contributed by atoms with Crippen LogP contribution in [0.2, 0.25) is 0 Å². The van der Waals surface area contributed by atoms with Crippen LogP contribution in [-0.4, -0.2) is 43.7 Å². The largest absolute Gasteiger partial charge is 0.326 e. The zero-order valence-corrected chi connectivity index (χ0v) is 16.7. The molecule has 27 heavy (non-hydrogen) atoms. The average Bonchev–Trinajstić information content (AvgIpc) is 2.72. The second kappa shape index (κ2) is 8.97. The number of piperidine rings is 1. The minimum atomic E-state index is -3.41. The van der Waals surface area contributed by atoms with Gasteiger partial charge in [-0.2, -0.15) is 17.0 Å². The van der Waals surface area contributed by atoms with Crippen molar-refractivity contribution in [2.45, 2.75) is 31.7 Å². The standard InChI is InChI=1S/C21H29N3O2S/c1-23(14-11-18-7-3-2-4-8-18)27(25,26)24-15-12-19(13-16-24)21-10-6-5-9-20(21)17-22/h2-10,19H,11-17,22H2,1H3. The maximum Gasteiger partial charge on any atom is 0.281 e. The molecule has 0 atom stereocenters. The molecule has 1 aliphatic heterocycles. The minimum Gasteiger partial charge on any atom is -0.326 e. The molecule has 1 aliphatic rings. The van der Waals surface area contributed by atoms with Crippen molar-refractivity contribution in [2.75, 3.05) is 26.7 Å². The molecule has 2 aromatic rings. The predicted molar refractivity (Wildman–Crippen MR) is 110 cm³/mol. The van der Waals surface area contributed by atoms with Crippen LogP contribution in [0.25, 0.3) is 0 Å². The highest BCUT2D eigenvalue weighted by atomic mass is 32.2. The molecule has 2 aromatic carbocycles. The molecule has 6 heteroatoms. The van der Waals surface area contributed by atoms with E-state index in [2.05, 4.69) is 12.1 Å². The summed E-state index contributed by atoms with van der Waals surface area (Å²) in [7, 11) is -1.74. The average molecular weight is 388 g/mol. The summed E-state index contributed by atoms with van der Waals surface area (Å²) in [6.45, 7) is 2.13. The predicted octanol–water partition coefficient (Wildman–Crippen LogP) is 2.74. The van der Waals surface area contributed by atoms with E-state index in [0.29, 0.717) is 32.1 Å². The van der Waals surface area contributed by atoms with E-state index in [9.17, 15) is 8.42 Å². The zero-order chi connectivity index (χ0) is 19.3. The number of nitrogens with two attached hydrogens (primary N) is 1. The van der Waals surface area contributed by atoms with Gasteiger partial charge in [0.15, 0.2) is 0 Å². The van der Waals surface area contributed by atoms with E-state index in [-0.39, 0.29) is 0 Å². The van der Waals surface area contributed by atoms with Crippen LogP contribution < -0.4 is 5.73 Å².